The Morgan fingerprint density at radius 3 is 2.67 bits per heavy atom. The van der Waals surface area contributed by atoms with E-state index in [9.17, 15) is 0 Å². The van der Waals surface area contributed by atoms with Crippen LogP contribution in [0.1, 0.15) is 25.7 Å². The van der Waals surface area contributed by atoms with Gasteiger partial charge < -0.3 is 10.6 Å². The fraction of sp³-hybridized carbons (Fsp3) is 0.533. The lowest BCUT2D eigenvalue weighted by Crippen LogP contribution is -2.34. The minimum absolute atomic E-state index is 0.754. The van der Waals surface area contributed by atoms with Crippen LogP contribution in [0.3, 0.4) is 0 Å². The summed E-state index contributed by atoms with van der Waals surface area (Å²) >= 11 is 5.33. The molecule has 2 N–H and O–H groups in total. The Hall–Kier alpha value is -1.09. The van der Waals surface area contributed by atoms with Crippen molar-refractivity contribution in [2.45, 2.75) is 25.7 Å². The summed E-state index contributed by atoms with van der Waals surface area (Å²) < 4.78 is 0. The van der Waals surface area contributed by atoms with Gasteiger partial charge in [0.15, 0.2) is 5.11 Å². The summed E-state index contributed by atoms with van der Waals surface area (Å²) in [4.78, 5) is 0. The molecule has 3 rings (SSSR count). The number of fused-ring (bicyclic) bond motifs is 2. The highest BCUT2D eigenvalue weighted by atomic mass is 32.1. The molecular formula is C15H20N2S. The number of hydrogen-bond donors (Lipinski definition) is 2. The molecule has 18 heavy (non-hydrogen) atoms. The minimum Gasteiger partial charge on any atom is -0.362 e. The topological polar surface area (TPSA) is 24.1 Å². The summed E-state index contributed by atoms with van der Waals surface area (Å²) in [6.45, 7) is 1.04. The Morgan fingerprint density at radius 2 is 2.00 bits per heavy atom. The first kappa shape index (κ1) is 12.0. The normalized spacial score (nSPS) is 29.2. The summed E-state index contributed by atoms with van der Waals surface area (Å²) in [6, 6.07) is 10.1. The van der Waals surface area contributed by atoms with Crippen molar-refractivity contribution in [1.29, 1.82) is 0 Å². The molecule has 0 radical (unpaired) electrons. The zero-order chi connectivity index (χ0) is 12.4. The molecule has 2 aliphatic carbocycles. The zero-order valence-corrected chi connectivity index (χ0v) is 11.4. The lowest BCUT2D eigenvalue weighted by Gasteiger charge is -2.22. The quantitative estimate of drug-likeness (QED) is 0.814. The third-order valence-corrected chi connectivity index (χ3v) is 4.69. The lowest BCUT2D eigenvalue weighted by molar-refractivity contribution is 0.332. The SMILES string of the molecule is S=C(NC[C@H]1C[C@H]2CC[C@@H]1C2)Nc1ccccc1. The van der Waals surface area contributed by atoms with Gasteiger partial charge in [0.1, 0.15) is 0 Å². The zero-order valence-electron chi connectivity index (χ0n) is 10.6. The van der Waals surface area contributed by atoms with Gasteiger partial charge in [-0.3, -0.25) is 0 Å². The molecule has 2 saturated carbocycles. The molecule has 0 amide bonds. The molecule has 0 spiro atoms. The summed E-state index contributed by atoms with van der Waals surface area (Å²) in [5.74, 6) is 2.82. The number of hydrogen-bond acceptors (Lipinski definition) is 1. The second-order valence-corrected chi connectivity index (χ2v) is 6.04. The highest BCUT2D eigenvalue weighted by Crippen LogP contribution is 2.47. The van der Waals surface area contributed by atoms with Gasteiger partial charge in [0.05, 0.1) is 0 Å². The van der Waals surface area contributed by atoms with Crippen LogP contribution in [-0.2, 0) is 0 Å². The van der Waals surface area contributed by atoms with Crippen LogP contribution in [0.15, 0.2) is 30.3 Å². The van der Waals surface area contributed by atoms with Crippen molar-refractivity contribution in [1.82, 2.24) is 5.32 Å². The van der Waals surface area contributed by atoms with E-state index in [0.29, 0.717) is 0 Å². The average molecular weight is 260 g/mol. The Bertz CT molecular complexity index is 418. The van der Waals surface area contributed by atoms with Crippen molar-refractivity contribution < 1.29 is 0 Å². The van der Waals surface area contributed by atoms with Crippen LogP contribution in [0.2, 0.25) is 0 Å². The van der Waals surface area contributed by atoms with Crippen molar-refractivity contribution in [3.8, 4) is 0 Å². The Kier molecular flexibility index (Phi) is 3.50. The third-order valence-electron chi connectivity index (χ3n) is 4.44. The third kappa shape index (κ3) is 2.66. The smallest absolute Gasteiger partial charge is 0.170 e. The predicted octanol–water partition coefficient (Wildman–Crippen LogP) is 3.41. The number of benzene rings is 1. The molecule has 2 nitrogen and oxygen atoms in total. The first-order chi connectivity index (χ1) is 8.81. The van der Waals surface area contributed by atoms with E-state index in [-0.39, 0.29) is 0 Å². The van der Waals surface area contributed by atoms with E-state index in [4.69, 9.17) is 12.2 Å². The maximum atomic E-state index is 5.33. The van der Waals surface area contributed by atoms with E-state index < -0.39 is 0 Å². The maximum absolute atomic E-state index is 5.33. The first-order valence-electron chi connectivity index (χ1n) is 6.91. The summed E-state index contributed by atoms with van der Waals surface area (Å²) in [7, 11) is 0. The minimum atomic E-state index is 0.754. The molecule has 3 atom stereocenters. The molecule has 0 heterocycles. The van der Waals surface area contributed by atoms with Crippen LogP contribution in [0.25, 0.3) is 0 Å². The van der Waals surface area contributed by atoms with Gasteiger partial charge >= 0.3 is 0 Å². The van der Waals surface area contributed by atoms with Crippen LogP contribution >= 0.6 is 12.2 Å². The molecule has 2 aliphatic rings. The molecule has 2 bridgehead atoms. The van der Waals surface area contributed by atoms with Crippen LogP contribution in [0.4, 0.5) is 5.69 Å². The van der Waals surface area contributed by atoms with Crippen LogP contribution < -0.4 is 10.6 Å². The molecule has 0 saturated heterocycles. The Balaban J connectivity index is 1.45. The van der Waals surface area contributed by atoms with E-state index in [2.05, 4.69) is 10.6 Å². The molecule has 96 valence electrons. The number of nitrogens with one attached hydrogen (secondary N) is 2. The van der Waals surface area contributed by atoms with Gasteiger partial charge in [0, 0.05) is 12.2 Å². The standard InChI is InChI=1S/C15H20N2S/c18-15(17-14-4-2-1-3-5-14)16-10-13-9-11-6-7-12(13)8-11/h1-5,11-13H,6-10H2,(H2,16,17,18)/t11-,12+,13+/m0/s1. The van der Waals surface area contributed by atoms with E-state index in [1.54, 1.807) is 0 Å². The predicted molar refractivity (Wildman–Crippen MR) is 79.6 cm³/mol. The largest absolute Gasteiger partial charge is 0.362 e. The van der Waals surface area contributed by atoms with Crippen molar-refractivity contribution in [3.63, 3.8) is 0 Å². The molecule has 0 aromatic heterocycles. The number of rotatable bonds is 3. The van der Waals surface area contributed by atoms with E-state index in [1.807, 2.05) is 30.3 Å². The second-order valence-electron chi connectivity index (χ2n) is 5.64. The van der Waals surface area contributed by atoms with E-state index in [1.165, 1.54) is 25.7 Å². The van der Waals surface area contributed by atoms with Gasteiger partial charge in [-0.2, -0.15) is 0 Å². The fourth-order valence-corrected chi connectivity index (χ4v) is 3.75. The molecule has 3 heteroatoms. The van der Waals surface area contributed by atoms with Gasteiger partial charge in [-0.05, 0) is 61.4 Å². The van der Waals surface area contributed by atoms with Gasteiger partial charge in [0.2, 0.25) is 0 Å². The van der Waals surface area contributed by atoms with Gasteiger partial charge in [-0.25, -0.2) is 0 Å². The second kappa shape index (κ2) is 5.27. The average Bonchev–Trinajstić information content (AvgIpc) is 3.00. The molecular weight excluding hydrogens is 240 g/mol. The number of para-hydroxylation sites is 1. The van der Waals surface area contributed by atoms with Crippen molar-refractivity contribution in [3.05, 3.63) is 30.3 Å². The Labute approximate surface area is 114 Å². The van der Waals surface area contributed by atoms with Crippen LogP contribution in [0, 0.1) is 17.8 Å². The highest BCUT2D eigenvalue weighted by molar-refractivity contribution is 7.80. The molecule has 0 aliphatic heterocycles. The van der Waals surface area contributed by atoms with Gasteiger partial charge in [0.25, 0.3) is 0 Å². The summed E-state index contributed by atoms with van der Waals surface area (Å²) in [5, 5.41) is 7.36. The van der Waals surface area contributed by atoms with E-state index in [0.717, 1.165) is 35.1 Å². The van der Waals surface area contributed by atoms with Gasteiger partial charge in [-0.1, -0.05) is 24.6 Å². The highest BCUT2D eigenvalue weighted by Gasteiger charge is 2.39. The number of thiocarbonyl (C=S) groups is 1. The maximum Gasteiger partial charge on any atom is 0.170 e. The number of anilines is 1. The molecule has 2 fully saturated rings. The van der Waals surface area contributed by atoms with Crippen LogP contribution in [0.5, 0.6) is 0 Å². The van der Waals surface area contributed by atoms with E-state index >= 15 is 0 Å². The molecule has 1 aromatic rings. The monoisotopic (exact) mass is 260 g/mol. The first-order valence-corrected chi connectivity index (χ1v) is 7.32. The van der Waals surface area contributed by atoms with Crippen molar-refractivity contribution in [2.75, 3.05) is 11.9 Å². The van der Waals surface area contributed by atoms with Crippen molar-refractivity contribution in [2.24, 2.45) is 17.8 Å². The summed E-state index contributed by atoms with van der Waals surface area (Å²) in [6.07, 6.45) is 5.78. The summed E-state index contributed by atoms with van der Waals surface area (Å²) in [5.41, 5.74) is 1.06. The van der Waals surface area contributed by atoms with Crippen molar-refractivity contribution >= 4 is 23.0 Å². The van der Waals surface area contributed by atoms with Crippen LogP contribution in [-0.4, -0.2) is 11.7 Å². The fourth-order valence-electron chi connectivity index (χ4n) is 3.55. The molecule has 1 aromatic carbocycles. The van der Waals surface area contributed by atoms with Gasteiger partial charge in [-0.15, -0.1) is 0 Å². The molecule has 0 unspecified atom stereocenters. The Morgan fingerprint density at radius 1 is 1.17 bits per heavy atom. The lowest BCUT2D eigenvalue weighted by atomic mass is 9.89.